The second-order valence-corrected chi connectivity index (χ2v) is 8.70. The highest BCUT2D eigenvalue weighted by Crippen LogP contribution is 2.45. The predicted molar refractivity (Wildman–Crippen MR) is 130 cm³/mol. The van der Waals surface area contributed by atoms with E-state index in [9.17, 15) is 4.79 Å². The van der Waals surface area contributed by atoms with Crippen molar-refractivity contribution in [2.24, 2.45) is 0 Å². The number of benzene rings is 3. The second-order valence-electron chi connectivity index (χ2n) is 8.27. The van der Waals surface area contributed by atoms with Crippen molar-refractivity contribution in [3.05, 3.63) is 100 Å². The molecular formula is C26H23ClN4O. The summed E-state index contributed by atoms with van der Waals surface area (Å²) in [4.78, 5) is 17.4. The summed E-state index contributed by atoms with van der Waals surface area (Å²) in [6.07, 6.45) is 0. The Labute approximate surface area is 192 Å². The number of carbonyl (C=O) groups excluding carboxylic acids is 1. The first-order chi connectivity index (χ1) is 15.4. The molecule has 1 aromatic heterocycles. The molecule has 4 aromatic rings. The summed E-state index contributed by atoms with van der Waals surface area (Å²) in [7, 11) is 4.02. The van der Waals surface area contributed by atoms with Crippen molar-refractivity contribution < 1.29 is 4.79 Å². The molecule has 5 nitrogen and oxygen atoms in total. The fourth-order valence-corrected chi connectivity index (χ4v) is 4.34. The average molecular weight is 443 g/mol. The van der Waals surface area contributed by atoms with E-state index >= 15 is 0 Å². The van der Waals surface area contributed by atoms with Crippen molar-refractivity contribution in [3.8, 4) is 11.3 Å². The number of anilines is 2. The molecule has 1 atom stereocenters. The summed E-state index contributed by atoms with van der Waals surface area (Å²) in [6.45, 7) is 2.06. The quantitative estimate of drug-likeness (QED) is 0.431. The Morgan fingerprint density at radius 3 is 2.22 bits per heavy atom. The number of hydrogen-bond donors (Lipinski definition) is 1. The number of fused-ring (bicyclic) bond motifs is 1. The van der Waals surface area contributed by atoms with E-state index in [1.54, 1.807) is 0 Å². The van der Waals surface area contributed by atoms with Gasteiger partial charge in [-0.1, -0.05) is 53.6 Å². The van der Waals surface area contributed by atoms with Gasteiger partial charge in [-0.2, -0.15) is 5.10 Å². The van der Waals surface area contributed by atoms with Gasteiger partial charge in [-0.3, -0.25) is 14.8 Å². The largest absolute Gasteiger partial charge is 0.378 e. The van der Waals surface area contributed by atoms with E-state index in [0.29, 0.717) is 10.7 Å². The maximum atomic E-state index is 13.6. The monoisotopic (exact) mass is 442 g/mol. The molecule has 5 rings (SSSR count). The van der Waals surface area contributed by atoms with E-state index in [1.165, 1.54) is 5.56 Å². The molecule has 0 radical (unpaired) electrons. The summed E-state index contributed by atoms with van der Waals surface area (Å²) in [5, 5.41) is 8.20. The highest BCUT2D eigenvalue weighted by molar-refractivity contribution is 6.30. The number of amides is 1. The van der Waals surface area contributed by atoms with Crippen LogP contribution in [0, 0.1) is 6.92 Å². The number of aromatic nitrogens is 2. The molecule has 0 bridgehead atoms. The molecular weight excluding hydrogens is 420 g/mol. The van der Waals surface area contributed by atoms with Gasteiger partial charge in [0.1, 0.15) is 5.69 Å². The Morgan fingerprint density at radius 1 is 0.938 bits per heavy atom. The lowest BCUT2D eigenvalue weighted by Crippen LogP contribution is -2.29. The van der Waals surface area contributed by atoms with Gasteiger partial charge in [0.05, 0.1) is 11.7 Å². The molecule has 0 aliphatic carbocycles. The van der Waals surface area contributed by atoms with Crippen molar-refractivity contribution in [3.63, 3.8) is 0 Å². The van der Waals surface area contributed by atoms with Gasteiger partial charge in [-0.25, -0.2) is 0 Å². The topological polar surface area (TPSA) is 52.2 Å². The first kappa shape index (κ1) is 20.3. The third-order valence-corrected chi connectivity index (χ3v) is 6.18. The first-order valence-corrected chi connectivity index (χ1v) is 10.8. The van der Waals surface area contributed by atoms with Gasteiger partial charge in [-0.05, 0) is 48.9 Å². The van der Waals surface area contributed by atoms with Crippen LogP contribution >= 0.6 is 11.6 Å². The summed E-state index contributed by atoms with van der Waals surface area (Å²) < 4.78 is 0. The third kappa shape index (κ3) is 3.35. The van der Waals surface area contributed by atoms with Crippen LogP contribution in [0.2, 0.25) is 5.02 Å². The zero-order valence-corrected chi connectivity index (χ0v) is 18.9. The number of H-pyrrole nitrogens is 1. The number of aryl methyl sites for hydroxylation is 1. The van der Waals surface area contributed by atoms with Crippen LogP contribution in [0.1, 0.15) is 33.2 Å². The molecule has 32 heavy (non-hydrogen) atoms. The van der Waals surface area contributed by atoms with Gasteiger partial charge < -0.3 is 4.90 Å². The van der Waals surface area contributed by atoms with Crippen LogP contribution in [0.5, 0.6) is 0 Å². The minimum atomic E-state index is -0.301. The number of carbonyl (C=O) groups is 1. The molecule has 1 amide bonds. The molecule has 3 aromatic carbocycles. The third-order valence-electron chi connectivity index (χ3n) is 5.92. The van der Waals surface area contributed by atoms with Crippen LogP contribution in [-0.4, -0.2) is 30.2 Å². The normalized spacial score (nSPS) is 15.2. The van der Waals surface area contributed by atoms with Crippen LogP contribution in [-0.2, 0) is 0 Å². The van der Waals surface area contributed by atoms with E-state index in [0.717, 1.165) is 33.8 Å². The SMILES string of the molecule is Cc1ccc(-c2n[nH]c3c2C(c2ccc(N(C)C)cc2)N(c2ccc(Cl)cc2)C3=O)cc1. The van der Waals surface area contributed by atoms with Crippen molar-refractivity contribution in [2.75, 3.05) is 23.9 Å². The van der Waals surface area contributed by atoms with Gasteiger partial charge in [0.15, 0.2) is 0 Å². The highest BCUT2D eigenvalue weighted by atomic mass is 35.5. The summed E-state index contributed by atoms with van der Waals surface area (Å²) in [5.41, 5.74) is 7.29. The van der Waals surface area contributed by atoms with E-state index in [1.807, 2.05) is 55.4 Å². The fraction of sp³-hybridized carbons (Fsp3) is 0.154. The van der Waals surface area contributed by atoms with Crippen molar-refractivity contribution in [1.29, 1.82) is 0 Å². The number of nitrogens with one attached hydrogen (secondary N) is 1. The van der Waals surface area contributed by atoms with Gasteiger partial charge in [0, 0.05) is 41.6 Å². The Bertz CT molecular complexity index is 1280. The number of nitrogens with zero attached hydrogens (tertiary/aromatic N) is 3. The lowest BCUT2D eigenvalue weighted by Gasteiger charge is -2.27. The molecule has 0 saturated carbocycles. The van der Waals surface area contributed by atoms with E-state index in [-0.39, 0.29) is 11.9 Å². The van der Waals surface area contributed by atoms with Gasteiger partial charge in [0.2, 0.25) is 0 Å². The molecule has 0 fully saturated rings. The Balaban J connectivity index is 1.69. The van der Waals surface area contributed by atoms with E-state index in [4.69, 9.17) is 11.6 Å². The number of hydrogen-bond acceptors (Lipinski definition) is 3. The number of aromatic amines is 1. The summed E-state index contributed by atoms with van der Waals surface area (Å²) in [6, 6.07) is 23.6. The standard InChI is InChI=1S/C26H23ClN4O/c1-16-4-6-17(7-5-16)23-22-24(29-28-23)26(32)31(21-14-10-19(27)11-15-21)25(22)18-8-12-20(13-9-18)30(2)3/h4-15,25H,1-3H3,(H,28,29). The van der Waals surface area contributed by atoms with Crippen molar-refractivity contribution in [1.82, 2.24) is 10.2 Å². The Kier molecular flexibility index (Phi) is 4.98. The predicted octanol–water partition coefficient (Wildman–Crippen LogP) is 5.85. The lowest BCUT2D eigenvalue weighted by molar-refractivity contribution is 0.0989. The average Bonchev–Trinajstić information content (AvgIpc) is 3.34. The molecule has 1 aliphatic heterocycles. The van der Waals surface area contributed by atoms with Gasteiger partial charge in [0.25, 0.3) is 5.91 Å². The van der Waals surface area contributed by atoms with Crippen LogP contribution in [0.4, 0.5) is 11.4 Å². The lowest BCUT2D eigenvalue weighted by atomic mass is 9.95. The molecule has 2 heterocycles. The fourth-order valence-electron chi connectivity index (χ4n) is 4.22. The van der Waals surface area contributed by atoms with Gasteiger partial charge >= 0.3 is 0 Å². The zero-order valence-electron chi connectivity index (χ0n) is 18.1. The molecule has 160 valence electrons. The molecule has 0 spiro atoms. The zero-order chi connectivity index (χ0) is 22.4. The molecule has 1 unspecified atom stereocenters. The van der Waals surface area contributed by atoms with Crippen LogP contribution in [0.3, 0.4) is 0 Å². The number of halogens is 1. The second kappa shape index (κ2) is 7.84. The van der Waals surface area contributed by atoms with Crippen LogP contribution < -0.4 is 9.80 Å². The molecule has 1 aliphatic rings. The smallest absolute Gasteiger partial charge is 0.277 e. The van der Waals surface area contributed by atoms with E-state index < -0.39 is 0 Å². The maximum absolute atomic E-state index is 13.6. The minimum Gasteiger partial charge on any atom is -0.378 e. The van der Waals surface area contributed by atoms with E-state index in [2.05, 4.69) is 58.4 Å². The summed E-state index contributed by atoms with van der Waals surface area (Å²) >= 11 is 6.12. The maximum Gasteiger partial charge on any atom is 0.277 e. The summed E-state index contributed by atoms with van der Waals surface area (Å²) in [5.74, 6) is -0.102. The van der Waals surface area contributed by atoms with Crippen LogP contribution in [0.15, 0.2) is 72.8 Å². The van der Waals surface area contributed by atoms with Crippen molar-refractivity contribution in [2.45, 2.75) is 13.0 Å². The van der Waals surface area contributed by atoms with Crippen LogP contribution in [0.25, 0.3) is 11.3 Å². The minimum absolute atomic E-state index is 0.102. The number of rotatable bonds is 4. The Hall–Kier alpha value is -3.57. The molecule has 0 saturated heterocycles. The molecule has 1 N–H and O–H groups in total. The van der Waals surface area contributed by atoms with Crippen molar-refractivity contribution >= 4 is 28.9 Å². The highest BCUT2D eigenvalue weighted by Gasteiger charge is 2.43. The Morgan fingerprint density at radius 2 is 1.59 bits per heavy atom. The van der Waals surface area contributed by atoms with Gasteiger partial charge in [-0.15, -0.1) is 0 Å². The molecule has 6 heteroatoms. The first-order valence-electron chi connectivity index (χ1n) is 10.5.